The van der Waals surface area contributed by atoms with E-state index in [2.05, 4.69) is 15.0 Å². The number of aromatic nitrogens is 1. The molecule has 0 spiro atoms. The summed E-state index contributed by atoms with van der Waals surface area (Å²) < 4.78 is 46.6. The zero-order valence-electron chi connectivity index (χ0n) is 18.2. The van der Waals surface area contributed by atoms with Gasteiger partial charge in [-0.1, -0.05) is 12.1 Å². The molecule has 3 aromatic rings. The number of halogens is 2. The quantitative estimate of drug-likeness (QED) is 0.409. The zero-order chi connectivity index (χ0) is 23.9. The van der Waals surface area contributed by atoms with Crippen LogP contribution in [0.5, 0.6) is 17.2 Å². The molecule has 1 fully saturated rings. The van der Waals surface area contributed by atoms with Gasteiger partial charge in [0.25, 0.3) is 5.91 Å². The highest BCUT2D eigenvalue weighted by atomic mass is 19.3. The molecule has 2 aromatic carbocycles. The number of benzene rings is 2. The third kappa shape index (κ3) is 6.22. The molecule has 8 nitrogen and oxygen atoms in total. The first-order valence-corrected chi connectivity index (χ1v) is 10.8. The van der Waals surface area contributed by atoms with Gasteiger partial charge in [-0.3, -0.25) is 4.79 Å². The van der Waals surface area contributed by atoms with E-state index in [-0.39, 0.29) is 43.1 Å². The molecule has 0 aliphatic heterocycles. The summed E-state index contributed by atoms with van der Waals surface area (Å²) in [5, 5.41) is 11.7. The maximum absolute atomic E-state index is 12.7. The van der Waals surface area contributed by atoms with Gasteiger partial charge in [0.2, 0.25) is 5.89 Å². The molecule has 4 rings (SSSR count). The molecule has 1 saturated carbocycles. The molecule has 1 heterocycles. The van der Waals surface area contributed by atoms with Crippen LogP contribution >= 0.6 is 0 Å². The zero-order valence-corrected chi connectivity index (χ0v) is 18.2. The summed E-state index contributed by atoms with van der Waals surface area (Å²) in [5.74, 6) is 0.801. The fourth-order valence-corrected chi connectivity index (χ4v) is 3.16. The van der Waals surface area contributed by atoms with Gasteiger partial charge in [0.15, 0.2) is 11.5 Å². The second-order valence-electron chi connectivity index (χ2n) is 7.69. The Morgan fingerprint density at radius 3 is 2.74 bits per heavy atom. The van der Waals surface area contributed by atoms with Crippen LogP contribution in [-0.2, 0) is 6.54 Å². The average molecular weight is 474 g/mol. The Bertz CT molecular complexity index is 1120. The third-order valence-corrected chi connectivity index (χ3v) is 5.04. The van der Waals surface area contributed by atoms with Gasteiger partial charge in [-0.2, -0.15) is 8.78 Å². The Morgan fingerprint density at radius 1 is 1.15 bits per heavy atom. The van der Waals surface area contributed by atoms with Crippen LogP contribution in [0.25, 0.3) is 11.5 Å². The maximum atomic E-state index is 12.7. The number of hydrogen-bond donors (Lipinski definition) is 2. The van der Waals surface area contributed by atoms with Gasteiger partial charge in [-0.05, 0) is 49.1 Å². The molecule has 34 heavy (non-hydrogen) atoms. The van der Waals surface area contributed by atoms with Gasteiger partial charge in [-0.15, -0.1) is 0 Å². The Hall–Kier alpha value is -3.66. The number of nitrogens with zero attached hydrogens (tertiary/aromatic N) is 1. The molecule has 0 atom stereocenters. The number of carbonyl (C=O) groups is 1. The van der Waals surface area contributed by atoms with Crippen molar-refractivity contribution in [1.82, 2.24) is 10.3 Å². The molecule has 1 aliphatic rings. The van der Waals surface area contributed by atoms with Crippen molar-refractivity contribution in [2.45, 2.75) is 26.0 Å². The van der Waals surface area contributed by atoms with E-state index in [1.54, 1.807) is 36.4 Å². The minimum Gasteiger partial charge on any atom is -0.490 e. The lowest BCUT2D eigenvalue weighted by molar-refractivity contribution is -0.0515. The van der Waals surface area contributed by atoms with Gasteiger partial charge < -0.3 is 29.1 Å². The van der Waals surface area contributed by atoms with Crippen molar-refractivity contribution in [3.8, 4) is 28.7 Å². The molecule has 1 aromatic heterocycles. The topological polar surface area (TPSA) is 103 Å². The molecule has 1 aliphatic carbocycles. The Labute approximate surface area is 194 Å². The summed E-state index contributed by atoms with van der Waals surface area (Å²) in [6, 6.07) is 11.2. The molecule has 0 bridgehead atoms. The fraction of sp³-hybridized carbons (Fsp3) is 0.333. The summed E-state index contributed by atoms with van der Waals surface area (Å²) in [5.41, 5.74) is 1.31. The third-order valence-electron chi connectivity index (χ3n) is 5.04. The maximum Gasteiger partial charge on any atom is 0.387 e. The van der Waals surface area contributed by atoms with Crippen molar-refractivity contribution < 1.29 is 37.3 Å². The minimum absolute atomic E-state index is 0.0551. The number of aliphatic hydroxyl groups excluding tert-OH is 1. The lowest BCUT2D eigenvalue weighted by Gasteiger charge is -2.12. The van der Waals surface area contributed by atoms with Gasteiger partial charge in [-0.25, -0.2) is 4.98 Å². The van der Waals surface area contributed by atoms with Gasteiger partial charge in [0, 0.05) is 5.56 Å². The molecule has 0 saturated heterocycles. The average Bonchev–Trinajstić information content (AvgIpc) is 3.55. The van der Waals surface area contributed by atoms with Crippen LogP contribution in [0.1, 0.15) is 28.9 Å². The first-order valence-electron chi connectivity index (χ1n) is 10.8. The summed E-state index contributed by atoms with van der Waals surface area (Å²) in [6.07, 6.45) is 3.51. The van der Waals surface area contributed by atoms with Crippen molar-refractivity contribution in [3.63, 3.8) is 0 Å². The highest BCUT2D eigenvalue weighted by molar-refractivity contribution is 5.96. The summed E-state index contributed by atoms with van der Waals surface area (Å²) in [7, 11) is 0. The minimum atomic E-state index is -2.97. The lowest BCUT2D eigenvalue weighted by atomic mass is 10.2. The number of hydrogen-bond acceptors (Lipinski definition) is 7. The number of amides is 1. The molecule has 0 radical (unpaired) electrons. The van der Waals surface area contributed by atoms with Crippen LogP contribution in [0.4, 0.5) is 8.78 Å². The van der Waals surface area contributed by atoms with E-state index in [4.69, 9.17) is 19.0 Å². The first kappa shape index (κ1) is 23.5. The van der Waals surface area contributed by atoms with E-state index in [9.17, 15) is 13.6 Å². The van der Waals surface area contributed by atoms with E-state index < -0.39 is 6.61 Å². The SMILES string of the molecule is O=C(NCc1coc(-c2ccc(OC(F)F)c(OCC3CC3)c2)n1)c1ccccc1OCCO. The van der Waals surface area contributed by atoms with E-state index >= 15 is 0 Å². The van der Waals surface area contributed by atoms with Crippen molar-refractivity contribution >= 4 is 5.91 Å². The number of nitrogens with one attached hydrogen (secondary N) is 1. The second kappa shape index (κ2) is 11.0. The molecule has 10 heteroatoms. The number of para-hydroxylation sites is 1. The van der Waals surface area contributed by atoms with Crippen LogP contribution in [-0.4, -0.2) is 42.4 Å². The van der Waals surface area contributed by atoms with Gasteiger partial charge >= 0.3 is 6.61 Å². The predicted octanol–water partition coefficient (Wildman–Crippen LogP) is 4.03. The van der Waals surface area contributed by atoms with E-state index in [0.29, 0.717) is 35.1 Å². The largest absolute Gasteiger partial charge is 0.490 e. The molecule has 0 unspecified atom stereocenters. The highest BCUT2D eigenvalue weighted by Gasteiger charge is 2.23. The smallest absolute Gasteiger partial charge is 0.387 e. The van der Waals surface area contributed by atoms with Crippen LogP contribution in [0, 0.1) is 5.92 Å². The van der Waals surface area contributed by atoms with E-state index in [0.717, 1.165) is 12.8 Å². The number of rotatable bonds is 12. The summed E-state index contributed by atoms with van der Waals surface area (Å²) >= 11 is 0. The van der Waals surface area contributed by atoms with E-state index in [1.807, 2.05) is 0 Å². The molecule has 180 valence electrons. The van der Waals surface area contributed by atoms with Crippen molar-refractivity contribution in [2.24, 2.45) is 5.92 Å². The molecule has 1 amide bonds. The van der Waals surface area contributed by atoms with Crippen LogP contribution in [0.2, 0.25) is 0 Å². The Balaban J connectivity index is 1.43. The molecular weight excluding hydrogens is 450 g/mol. The van der Waals surface area contributed by atoms with Crippen LogP contribution in [0.3, 0.4) is 0 Å². The Morgan fingerprint density at radius 2 is 1.97 bits per heavy atom. The molecule has 2 N–H and O–H groups in total. The summed E-state index contributed by atoms with van der Waals surface area (Å²) in [4.78, 5) is 16.9. The fourth-order valence-electron chi connectivity index (χ4n) is 3.16. The second-order valence-corrected chi connectivity index (χ2v) is 7.69. The first-order chi connectivity index (χ1) is 16.5. The number of carbonyl (C=O) groups excluding carboxylic acids is 1. The summed E-state index contributed by atoms with van der Waals surface area (Å²) in [6.45, 7) is -2.54. The predicted molar refractivity (Wildman–Crippen MR) is 117 cm³/mol. The van der Waals surface area contributed by atoms with Crippen LogP contribution in [0.15, 0.2) is 53.1 Å². The standard InChI is InChI=1S/C24H24F2N2O6/c25-24(26)34-20-8-7-16(11-21(20)32-13-15-5-6-15)23-28-17(14-33-23)12-27-22(30)18-3-1-2-4-19(18)31-10-9-29/h1-4,7-8,11,14-15,24,29H,5-6,9-10,12-13H2,(H,27,30). The van der Waals surface area contributed by atoms with Gasteiger partial charge in [0.1, 0.15) is 18.6 Å². The lowest BCUT2D eigenvalue weighted by Crippen LogP contribution is -2.23. The molecular formula is C24H24F2N2O6. The number of aliphatic hydroxyl groups is 1. The monoisotopic (exact) mass is 474 g/mol. The van der Waals surface area contributed by atoms with Crippen LogP contribution < -0.4 is 19.5 Å². The van der Waals surface area contributed by atoms with Crippen molar-refractivity contribution in [3.05, 3.63) is 60.0 Å². The van der Waals surface area contributed by atoms with Crippen molar-refractivity contribution in [2.75, 3.05) is 19.8 Å². The van der Waals surface area contributed by atoms with Crippen molar-refractivity contribution in [1.29, 1.82) is 0 Å². The van der Waals surface area contributed by atoms with Gasteiger partial charge in [0.05, 0.1) is 31.0 Å². The number of ether oxygens (including phenoxy) is 3. The normalized spacial score (nSPS) is 13.1. The highest BCUT2D eigenvalue weighted by Crippen LogP contribution is 2.36. The Kier molecular flexibility index (Phi) is 7.58. The number of alkyl halides is 2. The van der Waals surface area contributed by atoms with E-state index in [1.165, 1.54) is 12.3 Å². The number of oxazole rings is 1.